The van der Waals surface area contributed by atoms with Crippen LogP contribution in [0.3, 0.4) is 0 Å². The second-order valence-electron chi connectivity index (χ2n) is 3.82. The molecule has 19 heavy (non-hydrogen) atoms. The highest BCUT2D eigenvalue weighted by Crippen LogP contribution is 2.26. The van der Waals surface area contributed by atoms with Crippen LogP contribution in [-0.4, -0.2) is 11.7 Å². The molecular weight excluding hydrogens is 279 g/mol. The van der Waals surface area contributed by atoms with Crippen LogP contribution < -0.4 is 0 Å². The van der Waals surface area contributed by atoms with E-state index in [4.69, 9.17) is 5.11 Å². The van der Waals surface area contributed by atoms with Crippen molar-refractivity contribution in [1.29, 1.82) is 0 Å². The van der Waals surface area contributed by atoms with Crippen molar-refractivity contribution in [1.82, 2.24) is 0 Å². The minimum Gasteiger partial charge on any atom is -0.395 e. The first-order chi connectivity index (χ1) is 9.28. The van der Waals surface area contributed by atoms with Gasteiger partial charge < -0.3 is 5.11 Å². The summed E-state index contributed by atoms with van der Waals surface area (Å²) in [5, 5.41) is 10.7. The molecule has 4 heteroatoms. The number of aliphatic hydroxyl groups excluding tert-OH is 1. The third-order valence-electron chi connectivity index (χ3n) is 2.32. The van der Waals surface area contributed by atoms with Crippen LogP contribution in [0.1, 0.15) is 16.9 Å². The molecule has 1 aromatic heterocycles. The second-order valence-corrected chi connectivity index (χ2v) is 5.86. The molecule has 0 aliphatic carbocycles. The molecule has 0 aliphatic rings. The normalized spacial score (nSPS) is 10.0. The minimum absolute atomic E-state index is 0.102. The van der Waals surface area contributed by atoms with Crippen molar-refractivity contribution in [3.63, 3.8) is 0 Å². The number of thioether (sulfide) groups is 1. The Morgan fingerprint density at radius 1 is 1.26 bits per heavy atom. The predicted octanol–water partition coefficient (Wildman–Crippen LogP) is 3.91. The topological polar surface area (TPSA) is 20.2 Å². The summed E-state index contributed by atoms with van der Waals surface area (Å²) in [5.74, 6) is 6.57. The van der Waals surface area contributed by atoms with Gasteiger partial charge in [-0.3, -0.25) is 0 Å². The Labute approximate surface area is 120 Å². The van der Waals surface area contributed by atoms with Crippen LogP contribution in [0, 0.1) is 17.7 Å². The van der Waals surface area contributed by atoms with E-state index < -0.39 is 0 Å². The molecule has 2 aromatic rings. The van der Waals surface area contributed by atoms with Crippen molar-refractivity contribution in [3.8, 4) is 11.8 Å². The van der Waals surface area contributed by atoms with Gasteiger partial charge in [-0.2, -0.15) is 0 Å². The molecule has 0 amide bonds. The average molecular weight is 292 g/mol. The van der Waals surface area contributed by atoms with E-state index in [9.17, 15) is 4.39 Å². The number of rotatable bonds is 4. The molecule has 0 fully saturated rings. The number of hydrogen-bond acceptors (Lipinski definition) is 3. The Kier molecular flexibility index (Phi) is 5.46. The number of aliphatic hydroxyl groups is 1. The largest absolute Gasteiger partial charge is 0.395 e. The summed E-state index contributed by atoms with van der Waals surface area (Å²) in [6.45, 7) is 0.102. The van der Waals surface area contributed by atoms with E-state index in [1.54, 1.807) is 35.2 Å². The van der Waals surface area contributed by atoms with E-state index in [-0.39, 0.29) is 12.4 Å². The van der Waals surface area contributed by atoms with Crippen LogP contribution in [-0.2, 0) is 5.75 Å². The molecule has 0 unspecified atom stereocenters. The fourth-order valence-corrected chi connectivity index (χ4v) is 3.20. The number of halogens is 1. The van der Waals surface area contributed by atoms with Crippen molar-refractivity contribution in [2.75, 3.05) is 6.61 Å². The van der Waals surface area contributed by atoms with E-state index in [0.29, 0.717) is 6.42 Å². The molecule has 0 bridgehead atoms. The van der Waals surface area contributed by atoms with Crippen LogP contribution in [0.2, 0.25) is 0 Å². The van der Waals surface area contributed by atoms with E-state index in [1.165, 1.54) is 17.0 Å². The number of thiophene rings is 1. The Morgan fingerprint density at radius 3 is 2.79 bits per heavy atom. The smallest absolute Gasteiger partial charge is 0.123 e. The number of benzene rings is 1. The van der Waals surface area contributed by atoms with Gasteiger partial charge in [-0.1, -0.05) is 11.8 Å². The maximum atomic E-state index is 12.8. The lowest BCUT2D eigenvalue weighted by atomic mass is 10.3. The molecule has 98 valence electrons. The summed E-state index contributed by atoms with van der Waals surface area (Å²) < 4.78 is 12.8. The van der Waals surface area contributed by atoms with Crippen LogP contribution in [0.25, 0.3) is 0 Å². The van der Waals surface area contributed by atoms with Gasteiger partial charge in [0.2, 0.25) is 0 Å². The van der Waals surface area contributed by atoms with Crippen molar-refractivity contribution in [2.45, 2.75) is 17.1 Å². The van der Waals surface area contributed by atoms with E-state index >= 15 is 0 Å². The molecule has 0 saturated carbocycles. The maximum Gasteiger partial charge on any atom is 0.123 e. The standard InChI is InChI=1S/C15H13FOS2/c16-13-4-6-14(7-5-13)19-11-15-9-12(10-18-15)3-1-2-8-17/h4-7,9-10,17H,2,8,11H2. The summed E-state index contributed by atoms with van der Waals surface area (Å²) in [7, 11) is 0. The highest BCUT2D eigenvalue weighted by molar-refractivity contribution is 7.98. The highest BCUT2D eigenvalue weighted by atomic mass is 32.2. The molecule has 2 rings (SSSR count). The minimum atomic E-state index is -0.207. The summed E-state index contributed by atoms with van der Waals surface area (Å²) in [5.41, 5.74) is 0.994. The molecule has 0 atom stereocenters. The zero-order valence-electron chi connectivity index (χ0n) is 10.2. The van der Waals surface area contributed by atoms with Gasteiger partial charge in [0.15, 0.2) is 0 Å². The van der Waals surface area contributed by atoms with Crippen molar-refractivity contribution < 1.29 is 9.50 Å². The van der Waals surface area contributed by atoms with Crippen LogP contribution in [0.4, 0.5) is 4.39 Å². The quantitative estimate of drug-likeness (QED) is 0.681. The first kappa shape index (κ1) is 14.1. The van der Waals surface area contributed by atoms with E-state index in [0.717, 1.165) is 16.2 Å². The summed E-state index contributed by atoms with van der Waals surface area (Å²) in [4.78, 5) is 2.30. The first-order valence-electron chi connectivity index (χ1n) is 5.83. The molecule has 0 radical (unpaired) electrons. The summed E-state index contributed by atoms with van der Waals surface area (Å²) >= 11 is 3.35. The maximum absolute atomic E-state index is 12.8. The van der Waals surface area contributed by atoms with Gasteiger partial charge in [0.1, 0.15) is 5.82 Å². The summed E-state index contributed by atoms with van der Waals surface area (Å²) in [6, 6.07) is 8.59. The van der Waals surface area contributed by atoms with Gasteiger partial charge in [-0.05, 0) is 30.3 Å². The third kappa shape index (κ3) is 4.71. The lowest BCUT2D eigenvalue weighted by Gasteiger charge is -1.98. The molecule has 1 heterocycles. The molecular formula is C15H13FOS2. The first-order valence-corrected chi connectivity index (χ1v) is 7.70. The van der Waals surface area contributed by atoms with Gasteiger partial charge in [-0.15, -0.1) is 23.1 Å². The van der Waals surface area contributed by atoms with Gasteiger partial charge in [0, 0.05) is 32.9 Å². The predicted molar refractivity (Wildman–Crippen MR) is 78.9 cm³/mol. The Bertz CT molecular complexity index is 578. The molecule has 1 N–H and O–H groups in total. The SMILES string of the molecule is OCCC#Cc1csc(CSc2ccc(F)cc2)c1. The van der Waals surface area contributed by atoms with Crippen LogP contribution >= 0.6 is 23.1 Å². The Morgan fingerprint density at radius 2 is 2.05 bits per heavy atom. The van der Waals surface area contributed by atoms with Gasteiger partial charge in [0.05, 0.1) is 6.61 Å². The Balaban J connectivity index is 1.90. The third-order valence-corrected chi connectivity index (χ3v) is 4.50. The zero-order chi connectivity index (χ0) is 13.5. The van der Waals surface area contributed by atoms with Crippen molar-refractivity contribution >= 4 is 23.1 Å². The van der Waals surface area contributed by atoms with Gasteiger partial charge >= 0.3 is 0 Å². The van der Waals surface area contributed by atoms with E-state index in [1.807, 2.05) is 5.38 Å². The Hall–Kier alpha value is -1.28. The fourth-order valence-electron chi connectivity index (χ4n) is 1.43. The monoisotopic (exact) mass is 292 g/mol. The van der Waals surface area contributed by atoms with Crippen LogP contribution in [0.15, 0.2) is 40.6 Å². The van der Waals surface area contributed by atoms with Crippen LogP contribution in [0.5, 0.6) is 0 Å². The lowest BCUT2D eigenvalue weighted by Crippen LogP contribution is -1.77. The van der Waals surface area contributed by atoms with Gasteiger partial charge in [0.25, 0.3) is 0 Å². The fraction of sp³-hybridized carbons (Fsp3) is 0.200. The molecule has 1 aromatic carbocycles. The zero-order valence-corrected chi connectivity index (χ0v) is 11.9. The molecule has 0 spiro atoms. The highest BCUT2D eigenvalue weighted by Gasteiger charge is 2.00. The van der Waals surface area contributed by atoms with Crippen molar-refractivity contribution in [2.24, 2.45) is 0 Å². The molecule has 0 aliphatic heterocycles. The van der Waals surface area contributed by atoms with E-state index in [2.05, 4.69) is 17.9 Å². The van der Waals surface area contributed by atoms with Gasteiger partial charge in [-0.25, -0.2) is 4.39 Å². The lowest BCUT2D eigenvalue weighted by molar-refractivity contribution is 0.305. The molecule has 0 saturated heterocycles. The second kappa shape index (κ2) is 7.34. The average Bonchev–Trinajstić information content (AvgIpc) is 2.86. The number of hydrogen-bond donors (Lipinski definition) is 1. The van der Waals surface area contributed by atoms with Crippen molar-refractivity contribution in [3.05, 3.63) is 52.0 Å². The summed E-state index contributed by atoms with van der Waals surface area (Å²) in [6.07, 6.45) is 0.509. The molecule has 1 nitrogen and oxygen atoms in total.